The van der Waals surface area contributed by atoms with Gasteiger partial charge in [0.25, 0.3) is 5.91 Å². The molecule has 1 amide bonds. The molecule has 0 radical (unpaired) electrons. The number of rotatable bonds is 6. The zero-order valence-electron chi connectivity index (χ0n) is 20.2. The van der Waals surface area contributed by atoms with E-state index in [9.17, 15) is 4.79 Å². The highest BCUT2D eigenvalue weighted by Crippen LogP contribution is 2.30. The van der Waals surface area contributed by atoms with Crippen LogP contribution in [0.4, 0.5) is 5.95 Å². The first kappa shape index (κ1) is 23.0. The average molecular weight is 471 g/mol. The van der Waals surface area contributed by atoms with E-state index in [0.29, 0.717) is 31.3 Å². The molecule has 1 saturated heterocycles. The lowest BCUT2D eigenvalue weighted by molar-refractivity contribution is -0.115. The molecule has 1 fully saturated rings. The van der Waals surface area contributed by atoms with Gasteiger partial charge in [-0.2, -0.15) is 5.10 Å². The number of nitrogens with zero attached hydrogens (tertiary/aromatic N) is 5. The second kappa shape index (κ2) is 10.2. The number of carbonyl (C=O) groups excluding carboxylic acids is 1. The molecule has 3 heterocycles. The molecule has 3 aromatic rings. The molecule has 1 aliphatic heterocycles. The average Bonchev–Trinajstić information content (AvgIpc) is 3.21. The number of benzene rings is 1. The van der Waals surface area contributed by atoms with Gasteiger partial charge in [-0.3, -0.25) is 4.79 Å². The van der Waals surface area contributed by atoms with Gasteiger partial charge in [-0.15, -0.1) is 0 Å². The number of morpholine rings is 1. The van der Waals surface area contributed by atoms with Crippen LogP contribution in [0.15, 0.2) is 54.5 Å². The summed E-state index contributed by atoms with van der Waals surface area (Å²) in [6.45, 7) is 7.51. The number of aromatic nitrogens is 4. The van der Waals surface area contributed by atoms with Gasteiger partial charge in [0.1, 0.15) is 0 Å². The second-order valence-electron chi connectivity index (χ2n) is 8.84. The summed E-state index contributed by atoms with van der Waals surface area (Å²) >= 11 is 0. The molecule has 0 saturated carbocycles. The third kappa shape index (κ3) is 5.02. The molecule has 1 aromatic carbocycles. The minimum absolute atomic E-state index is 0.127. The lowest BCUT2D eigenvalue weighted by Crippen LogP contribution is -2.37. The van der Waals surface area contributed by atoms with E-state index in [1.807, 2.05) is 10.8 Å². The fourth-order valence-electron chi connectivity index (χ4n) is 4.30. The molecular formula is C27H30N6O2. The van der Waals surface area contributed by atoms with Crippen molar-refractivity contribution >= 4 is 23.5 Å². The first-order chi connectivity index (χ1) is 17.1. The van der Waals surface area contributed by atoms with Crippen LogP contribution in [0.3, 0.4) is 0 Å². The van der Waals surface area contributed by atoms with Gasteiger partial charge in [0.15, 0.2) is 0 Å². The van der Waals surface area contributed by atoms with E-state index >= 15 is 0 Å². The van der Waals surface area contributed by atoms with Gasteiger partial charge in [-0.1, -0.05) is 36.3 Å². The zero-order valence-corrected chi connectivity index (χ0v) is 20.2. The van der Waals surface area contributed by atoms with Crippen LogP contribution in [0.2, 0.25) is 0 Å². The highest BCUT2D eigenvalue weighted by atomic mass is 16.5. The number of nitrogens with one attached hydrogen (secondary N) is 1. The number of anilines is 1. The van der Waals surface area contributed by atoms with Crippen LogP contribution < -0.4 is 10.2 Å². The molecule has 2 aliphatic rings. The molecule has 0 bridgehead atoms. The smallest absolute Gasteiger partial charge is 0.251 e. The maximum Gasteiger partial charge on any atom is 0.251 e. The topological polar surface area (TPSA) is 85.2 Å². The van der Waals surface area contributed by atoms with Gasteiger partial charge in [0.2, 0.25) is 5.95 Å². The minimum Gasteiger partial charge on any atom is -0.378 e. The number of aryl methyl sites for hydroxylation is 1. The van der Waals surface area contributed by atoms with E-state index in [0.717, 1.165) is 48.4 Å². The molecule has 2 aromatic heterocycles. The lowest BCUT2D eigenvalue weighted by atomic mass is 10.1. The third-order valence-corrected chi connectivity index (χ3v) is 6.42. The zero-order chi connectivity index (χ0) is 24.2. The Labute approximate surface area is 205 Å². The number of allylic oxidation sites excluding steroid dienone is 2. The number of fused-ring (bicyclic) bond motifs is 1. The van der Waals surface area contributed by atoms with E-state index in [1.54, 1.807) is 18.6 Å². The molecule has 8 nitrogen and oxygen atoms in total. The predicted octanol–water partition coefficient (Wildman–Crippen LogP) is 3.70. The van der Waals surface area contributed by atoms with Crippen molar-refractivity contribution in [2.24, 2.45) is 0 Å². The molecule has 0 atom stereocenters. The number of hydrogen-bond acceptors (Lipinski definition) is 6. The lowest BCUT2D eigenvalue weighted by Gasteiger charge is -2.26. The fourth-order valence-corrected chi connectivity index (χ4v) is 4.30. The monoisotopic (exact) mass is 470 g/mol. The third-order valence-electron chi connectivity index (χ3n) is 6.42. The first-order valence-electron chi connectivity index (χ1n) is 12.1. The Morgan fingerprint density at radius 2 is 1.83 bits per heavy atom. The standard InChI is InChI=1S/C27H30N6O2/c1-3-20-6-9-23(24-18-31-33(25(24)14-20)22-7-4-19(2)5-8-22)26(34)28-15-21-16-29-27(30-17-21)32-10-12-35-13-11-32/h4-5,7-9,14,16-18H,3,6,10-13,15H2,1-2H3,(H,28,34). The van der Waals surface area contributed by atoms with Crippen LogP contribution in [0, 0.1) is 6.92 Å². The fraction of sp³-hybridized carbons (Fsp3) is 0.333. The van der Waals surface area contributed by atoms with Crippen molar-refractivity contribution in [1.29, 1.82) is 0 Å². The largest absolute Gasteiger partial charge is 0.378 e. The summed E-state index contributed by atoms with van der Waals surface area (Å²) in [7, 11) is 0. The Kier molecular flexibility index (Phi) is 6.72. The number of carbonyl (C=O) groups is 1. The van der Waals surface area contributed by atoms with Crippen LogP contribution >= 0.6 is 0 Å². The van der Waals surface area contributed by atoms with Crippen molar-refractivity contribution in [3.05, 3.63) is 76.9 Å². The van der Waals surface area contributed by atoms with Crippen LogP contribution in [0.25, 0.3) is 17.3 Å². The Morgan fingerprint density at radius 3 is 2.54 bits per heavy atom. The maximum absolute atomic E-state index is 13.3. The summed E-state index contributed by atoms with van der Waals surface area (Å²) in [5.74, 6) is 0.568. The van der Waals surface area contributed by atoms with Crippen molar-refractivity contribution in [2.75, 3.05) is 31.2 Å². The summed E-state index contributed by atoms with van der Waals surface area (Å²) in [4.78, 5) is 24.3. The molecule has 35 heavy (non-hydrogen) atoms. The molecule has 5 rings (SSSR count). The van der Waals surface area contributed by atoms with E-state index < -0.39 is 0 Å². The van der Waals surface area contributed by atoms with Gasteiger partial charge < -0.3 is 15.0 Å². The summed E-state index contributed by atoms with van der Waals surface area (Å²) < 4.78 is 7.30. The summed E-state index contributed by atoms with van der Waals surface area (Å²) in [6.07, 6.45) is 11.2. The molecule has 0 spiro atoms. The van der Waals surface area contributed by atoms with Crippen molar-refractivity contribution in [3.8, 4) is 5.69 Å². The Bertz CT molecular complexity index is 1250. The number of hydrogen-bond donors (Lipinski definition) is 1. The predicted molar refractivity (Wildman–Crippen MR) is 136 cm³/mol. The van der Waals surface area contributed by atoms with E-state index in [-0.39, 0.29) is 5.91 Å². The van der Waals surface area contributed by atoms with Crippen molar-refractivity contribution < 1.29 is 9.53 Å². The Morgan fingerprint density at radius 1 is 1.09 bits per heavy atom. The van der Waals surface area contributed by atoms with Gasteiger partial charge >= 0.3 is 0 Å². The highest BCUT2D eigenvalue weighted by Gasteiger charge is 2.22. The van der Waals surface area contributed by atoms with Crippen molar-refractivity contribution in [2.45, 2.75) is 33.2 Å². The maximum atomic E-state index is 13.3. The number of amides is 1. The van der Waals surface area contributed by atoms with Crippen molar-refractivity contribution in [3.63, 3.8) is 0 Å². The Balaban J connectivity index is 1.33. The SMILES string of the molecule is CCC1=Cc2c(cnn2-c2ccc(C)cc2)C(C(=O)NCc2cnc(N3CCOCC3)nc2)=CC1. The number of ether oxygens (including phenoxy) is 1. The Hall–Kier alpha value is -3.78. The molecule has 8 heteroatoms. The van der Waals surface area contributed by atoms with Crippen LogP contribution in [-0.2, 0) is 16.1 Å². The molecule has 0 unspecified atom stereocenters. The van der Waals surface area contributed by atoms with Crippen LogP contribution in [-0.4, -0.2) is 52.0 Å². The van der Waals surface area contributed by atoms with Gasteiger partial charge in [-0.25, -0.2) is 14.6 Å². The van der Waals surface area contributed by atoms with Crippen LogP contribution in [0.1, 0.15) is 42.1 Å². The first-order valence-corrected chi connectivity index (χ1v) is 12.1. The van der Waals surface area contributed by atoms with E-state index in [4.69, 9.17) is 4.74 Å². The van der Waals surface area contributed by atoms with E-state index in [1.165, 1.54) is 11.1 Å². The van der Waals surface area contributed by atoms with Gasteiger partial charge in [0.05, 0.1) is 30.8 Å². The van der Waals surface area contributed by atoms with Gasteiger partial charge in [0, 0.05) is 48.7 Å². The summed E-state index contributed by atoms with van der Waals surface area (Å²) in [6, 6.07) is 8.24. The summed E-state index contributed by atoms with van der Waals surface area (Å²) in [5.41, 5.74) is 6.70. The summed E-state index contributed by atoms with van der Waals surface area (Å²) in [5, 5.41) is 7.68. The quantitative estimate of drug-likeness (QED) is 0.591. The van der Waals surface area contributed by atoms with Gasteiger partial charge in [-0.05, 0) is 38.0 Å². The van der Waals surface area contributed by atoms with Crippen molar-refractivity contribution in [1.82, 2.24) is 25.1 Å². The minimum atomic E-state index is -0.127. The normalized spacial score (nSPS) is 15.7. The molecule has 1 N–H and O–H groups in total. The second-order valence-corrected chi connectivity index (χ2v) is 8.84. The molecular weight excluding hydrogens is 440 g/mol. The van der Waals surface area contributed by atoms with Crippen LogP contribution in [0.5, 0.6) is 0 Å². The van der Waals surface area contributed by atoms with E-state index in [2.05, 4.69) is 69.5 Å². The molecule has 180 valence electrons. The molecule has 1 aliphatic carbocycles. The highest BCUT2D eigenvalue weighted by molar-refractivity contribution is 6.20.